The minimum absolute atomic E-state index is 0. The van der Waals surface area contributed by atoms with Crippen molar-refractivity contribution in [1.29, 1.82) is 0 Å². The highest BCUT2D eigenvalue weighted by atomic mass is 35.5. The summed E-state index contributed by atoms with van der Waals surface area (Å²) in [6.45, 7) is 4.90. The number of amides is 1. The van der Waals surface area contributed by atoms with E-state index < -0.39 is 0 Å². The number of morpholine rings is 1. The molecule has 21 heavy (non-hydrogen) atoms. The fourth-order valence-electron chi connectivity index (χ4n) is 2.11. The van der Waals surface area contributed by atoms with E-state index in [4.69, 9.17) is 9.47 Å². The van der Waals surface area contributed by atoms with Crippen molar-refractivity contribution < 1.29 is 14.3 Å². The lowest BCUT2D eigenvalue weighted by atomic mass is 10.2. The van der Waals surface area contributed by atoms with Crippen LogP contribution in [-0.4, -0.2) is 56.8 Å². The first-order valence-electron chi connectivity index (χ1n) is 6.93. The van der Waals surface area contributed by atoms with Crippen molar-refractivity contribution in [2.45, 2.75) is 13.0 Å². The van der Waals surface area contributed by atoms with E-state index in [-0.39, 0.29) is 24.4 Å². The van der Waals surface area contributed by atoms with Gasteiger partial charge in [-0.2, -0.15) is 0 Å². The smallest absolute Gasteiger partial charge is 0.241 e. The third-order valence-corrected chi connectivity index (χ3v) is 3.37. The lowest BCUT2D eigenvalue weighted by Gasteiger charge is -2.27. The summed E-state index contributed by atoms with van der Waals surface area (Å²) in [5.74, 6) is 0.922. The van der Waals surface area contributed by atoms with Crippen molar-refractivity contribution >= 4 is 18.3 Å². The van der Waals surface area contributed by atoms with Gasteiger partial charge < -0.3 is 19.7 Å². The topological polar surface area (TPSA) is 50.8 Å². The van der Waals surface area contributed by atoms with Crippen LogP contribution in [0.2, 0.25) is 0 Å². The molecule has 1 amide bonds. The maximum atomic E-state index is 12.1. The number of likely N-dealkylation sites (N-methyl/N-ethyl adjacent to an activating group) is 1. The minimum atomic E-state index is -0.229. The molecule has 0 spiro atoms. The Morgan fingerprint density at radius 3 is 2.90 bits per heavy atom. The molecule has 0 saturated carbocycles. The Labute approximate surface area is 132 Å². The van der Waals surface area contributed by atoms with Crippen LogP contribution in [0.5, 0.6) is 5.75 Å². The van der Waals surface area contributed by atoms with Gasteiger partial charge in [0.15, 0.2) is 0 Å². The van der Waals surface area contributed by atoms with Crippen molar-refractivity contribution in [3.8, 4) is 5.75 Å². The summed E-state index contributed by atoms with van der Waals surface area (Å²) in [4.78, 5) is 13.8. The van der Waals surface area contributed by atoms with E-state index >= 15 is 0 Å². The van der Waals surface area contributed by atoms with E-state index in [2.05, 4.69) is 5.32 Å². The van der Waals surface area contributed by atoms with Gasteiger partial charge in [0.25, 0.3) is 0 Å². The number of aryl methyl sites for hydroxylation is 1. The summed E-state index contributed by atoms with van der Waals surface area (Å²) in [5.41, 5.74) is 1.10. The molecule has 1 atom stereocenters. The summed E-state index contributed by atoms with van der Waals surface area (Å²) in [6, 6.07) is 7.64. The molecular weight excluding hydrogens is 292 g/mol. The second-order valence-electron chi connectivity index (χ2n) is 4.96. The molecule has 1 N–H and O–H groups in total. The van der Waals surface area contributed by atoms with Crippen LogP contribution in [0, 0.1) is 6.92 Å². The third-order valence-electron chi connectivity index (χ3n) is 3.37. The van der Waals surface area contributed by atoms with Crippen LogP contribution in [-0.2, 0) is 9.53 Å². The standard InChI is InChI=1S/C15H22N2O3.ClH/c1-12-5-3-4-6-14(12)20-10-8-17(2)15(18)13-11-19-9-7-16-13;/h3-6,13,16H,7-11H2,1-2H3;1H. The van der Waals surface area contributed by atoms with Crippen LogP contribution in [0.1, 0.15) is 5.56 Å². The Kier molecular flexibility index (Phi) is 7.50. The van der Waals surface area contributed by atoms with Crippen LogP contribution in [0.25, 0.3) is 0 Å². The zero-order valence-corrected chi connectivity index (χ0v) is 13.3. The van der Waals surface area contributed by atoms with Gasteiger partial charge in [-0.15, -0.1) is 12.4 Å². The minimum Gasteiger partial charge on any atom is -0.491 e. The van der Waals surface area contributed by atoms with Gasteiger partial charge in [-0.25, -0.2) is 0 Å². The highest BCUT2D eigenvalue weighted by Gasteiger charge is 2.23. The van der Waals surface area contributed by atoms with Crippen LogP contribution in [0.4, 0.5) is 0 Å². The van der Waals surface area contributed by atoms with Gasteiger partial charge in [-0.05, 0) is 18.6 Å². The summed E-state index contributed by atoms with van der Waals surface area (Å²) in [7, 11) is 1.79. The quantitative estimate of drug-likeness (QED) is 0.888. The van der Waals surface area contributed by atoms with Gasteiger partial charge in [-0.3, -0.25) is 4.79 Å². The second-order valence-corrected chi connectivity index (χ2v) is 4.96. The SMILES string of the molecule is Cc1ccccc1OCCN(C)C(=O)C1COCCN1.Cl. The molecule has 1 saturated heterocycles. The normalized spacial score (nSPS) is 17.7. The molecule has 1 heterocycles. The number of hydrogen-bond acceptors (Lipinski definition) is 4. The van der Waals surface area contributed by atoms with Crippen molar-refractivity contribution in [3.05, 3.63) is 29.8 Å². The first-order chi connectivity index (χ1) is 9.68. The van der Waals surface area contributed by atoms with Gasteiger partial charge in [0.05, 0.1) is 19.8 Å². The maximum absolute atomic E-state index is 12.1. The molecule has 1 aliphatic heterocycles. The zero-order valence-electron chi connectivity index (χ0n) is 12.5. The number of benzene rings is 1. The van der Waals surface area contributed by atoms with E-state index in [0.29, 0.717) is 26.4 Å². The average molecular weight is 315 g/mol. The molecule has 5 nitrogen and oxygen atoms in total. The van der Waals surface area contributed by atoms with Crippen molar-refractivity contribution in [1.82, 2.24) is 10.2 Å². The number of carbonyl (C=O) groups excluding carboxylic acids is 1. The zero-order chi connectivity index (χ0) is 14.4. The Morgan fingerprint density at radius 2 is 2.24 bits per heavy atom. The summed E-state index contributed by atoms with van der Waals surface area (Å²) in [5, 5.41) is 3.16. The fraction of sp³-hybridized carbons (Fsp3) is 0.533. The molecule has 0 radical (unpaired) electrons. The van der Waals surface area contributed by atoms with E-state index in [1.165, 1.54) is 0 Å². The van der Waals surface area contributed by atoms with E-state index in [1.807, 2.05) is 31.2 Å². The number of carbonyl (C=O) groups is 1. The molecule has 2 rings (SSSR count). The maximum Gasteiger partial charge on any atom is 0.241 e. The molecule has 0 aliphatic carbocycles. The lowest BCUT2D eigenvalue weighted by Crippen LogP contribution is -2.52. The molecule has 0 bridgehead atoms. The van der Waals surface area contributed by atoms with Crippen LogP contribution in [0.3, 0.4) is 0 Å². The Morgan fingerprint density at radius 1 is 1.48 bits per heavy atom. The van der Waals surface area contributed by atoms with Crippen molar-refractivity contribution in [3.63, 3.8) is 0 Å². The predicted molar refractivity (Wildman–Crippen MR) is 84.2 cm³/mol. The monoisotopic (exact) mass is 314 g/mol. The average Bonchev–Trinajstić information content (AvgIpc) is 2.49. The molecular formula is C15H23ClN2O3. The number of halogens is 1. The van der Waals surface area contributed by atoms with Gasteiger partial charge >= 0.3 is 0 Å². The second kappa shape index (κ2) is 8.87. The molecule has 1 fully saturated rings. The highest BCUT2D eigenvalue weighted by molar-refractivity contribution is 5.85. The largest absolute Gasteiger partial charge is 0.491 e. The van der Waals surface area contributed by atoms with Gasteiger partial charge in [0.1, 0.15) is 18.4 Å². The molecule has 0 aromatic heterocycles. The number of para-hydroxylation sites is 1. The molecule has 6 heteroatoms. The summed E-state index contributed by atoms with van der Waals surface area (Å²) in [6.07, 6.45) is 0. The lowest BCUT2D eigenvalue weighted by molar-refractivity contribution is -0.135. The Hall–Kier alpha value is -1.30. The molecule has 118 valence electrons. The van der Waals surface area contributed by atoms with E-state index in [0.717, 1.165) is 17.9 Å². The number of rotatable bonds is 5. The first-order valence-corrected chi connectivity index (χ1v) is 6.93. The molecule has 1 aromatic carbocycles. The highest BCUT2D eigenvalue weighted by Crippen LogP contribution is 2.15. The number of nitrogens with one attached hydrogen (secondary N) is 1. The van der Waals surface area contributed by atoms with E-state index in [1.54, 1.807) is 11.9 Å². The first kappa shape index (κ1) is 17.8. The fourth-order valence-corrected chi connectivity index (χ4v) is 2.11. The van der Waals surface area contributed by atoms with Gasteiger partial charge in [0.2, 0.25) is 5.91 Å². The molecule has 1 unspecified atom stereocenters. The van der Waals surface area contributed by atoms with Crippen molar-refractivity contribution in [2.75, 3.05) is 40.0 Å². The van der Waals surface area contributed by atoms with Crippen LogP contribution >= 0.6 is 12.4 Å². The van der Waals surface area contributed by atoms with Crippen LogP contribution in [0.15, 0.2) is 24.3 Å². The number of ether oxygens (including phenoxy) is 2. The van der Waals surface area contributed by atoms with Gasteiger partial charge in [-0.1, -0.05) is 18.2 Å². The summed E-state index contributed by atoms with van der Waals surface area (Å²) < 4.78 is 11.0. The predicted octanol–water partition coefficient (Wildman–Crippen LogP) is 1.24. The third kappa shape index (κ3) is 5.19. The summed E-state index contributed by atoms with van der Waals surface area (Å²) >= 11 is 0. The number of hydrogen-bond donors (Lipinski definition) is 1. The van der Waals surface area contributed by atoms with E-state index in [9.17, 15) is 4.79 Å². The van der Waals surface area contributed by atoms with Crippen LogP contribution < -0.4 is 10.1 Å². The Balaban J connectivity index is 0.00000220. The molecule has 1 aromatic rings. The molecule has 1 aliphatic rings. The van der Waals surface area contributed by atoms with Crippen molar-refractivity contribution in [2.24, 2.45) is 0 Å². The van der Waals surface area contributed by atoms with Gasteiger partial charge in [0, 0.05) is 13.6 Å². The Bertz CT molecular complexity index is 450. The number of nitrogens with zero attached hydrogens (tertiary/aromatic N) is 1.